The van der Waals surface area contributed by atoms with Crippen molar-refractivity contribution in [3.8, 4) is 0 Å². The highest BCUT2D eigenvalue weighted by atomic mass is 14.6. The molecular weight excluding hydrogens is 374 g/mol. The van der Waals surface area contributed by atoms with Gasteiger partial charge in [0.15, 0.2) is 0 Å². The van der Waals surface area contributed by atoms with E-state index < -0.39 is 0 Å². The molecule has 1 heterocycles. The van der Waals surface area contributed by atoms with Crippen LogP contribution in [0.3, 0.4) is 0 Å². The van der Waals surface area contributed by atoms with E-state index in [0.29, 0.717) is 11.3 Å². The van der Waals surface area contributed by atoms with E-state index in [1.165, 1.54) is 68.6 Å². The Morgan fingerprint density at radius 1 is 0.935 bits per heavy atom. The maximum Gasteiger partial charge on any atom is 0.0346 e. The molecule has 2 fully saturated rings. The summed E-state index contributed by atoms with van der Waals surface area (Å²) in [5.41, 5.74) is 5.48. The van der Waals surface area contributed by atoms with E-state index in [4.69, 9.17) is 0 Å². The second-order valence-corrected chi connectivity index (χ2v) is 10.5. The van der Waals surface area contributed by atoms with Crippen LogP contribution in [0.1, 0.15) is 90.0 Å². The predicted octanol–water partition coefficient (Wildman–Crippen LogP) is 8.62. The molecule has 0 spiro atoms. The van der Waals surface area contributed by atoms with Crippen LogP contribution in [-0.4, -0.2) is 4.98 Å². The van der Waals surface area contributed by atoms with Crippen LogP contribution in [0.2, 0.25) is 0 Å². The van der Waals surface area contributed by atoms with E-state index in [0.717, 1.165) is 17.8 Å². The van der Waals surface area contributed by atoms with Crippen molar-refractivity contribution in [2.75, 3.05) is 0 Å². The summed E-state index contributed by atoms with van der Waals surface area (Å²) in [7, 11) is 0. The fourth-order valence-electron chi connectivity index (χ4n) is 7.57. The highest BCUT2D eigenvalue weighted by Gasteiger charge is 2.52. The summed E-state index contributed by atoms with van der Waals surface area (Å²) < 4.78 is 0. The van der Waals surface area contributed by atoms with E-state index in [2.05, 4.69) is 48.3 Å². The number of rotatable bonds is 1. The van der Waals surface area contributed by atoms with Gasteiger partial charge in [-0.1, -0.05) is 57.0 Å². The molecule has 4 aliphatic carbocycles. The minimum Gasteiger partial charge on any atom is -0.264 e. The van der Waals surface area contributed by atoms with Gasteiger partial charge in [-0.05, 0) is 109 Å². The Morgan fingerprint density at radius 2 is 1.84 bits per heavy atom. The number of aromatic nitrogens is 1. The Morgan fingerprint density at radius 3 is 2.74 bits per heavy atom. The van der Waals surface area contributed by atoms with Crippen LogP contribution >= 0.6 is 0 Å². The summed E-state index contributed by atoms with van der Waals surface area (Å²) in [6.07, 6.45) is 21.8. The normalized spacial score (nSPS) is 34.3. The van der Waals surface area contributed by atoms with Gasteiger partial charge in [0.2, 0.25) is 0 Å². The number of benzene rings is 1. The number of nitrogens with zero attached hydrogens (tertiary/aromatic N) is 1. The number of hydrogen-bond donors (Lipinski definition) is 0. The first-order valence-corrected chi connectivity index (χ1v) is 13.0. The van der Waals surface area contributed by atoms with Crippen molar-refractivity contribution >= 4 is 10.8 Å². The summed E-state index contributed by atoms with van der Waals surface area (Å²) in [6, 6.07) is 9.28. The van der Waals surface area contributed by atoms with E-state index in [9.17, 15) is 0 Å². The summed E-state index contributed by atoms with van der Waals surface area (Å²) in [4.78, 5) is 4.36. The van der Waals surface area contributed by atoms with Crippen molar-refractivity contribution in [3.63, 3.8) is 0 Å². The average molecular weight is 414 g/mol. The fourth-order valence-corrected chi connectivity index (χ4v) is 7.57. The fraction of sp³-hybridized carbons (Fsp3) is 0.567. The van der Waals surface area contributed by atoms with Crippen LogP contribution in [0.4, 0.5) is 0 Å². The maximum atomic E-state index is 4.36. The molecule has 0 aliphatic heterocycles. The highest BCUT2D eigenvalue weighted by molar-refractivity contribution is 5.82. The standard InChI is InChI=1S/C28H33N.C2H6/c1-28-14-12-22-16-21-5-3-2-4-19(21)8-9-25(22)27(28)11-10-26(28)23-7-6-20-13-15-29-18-24(20)17-23;1-2/h6-7,12-13,15-19,25-27H,2-5,8-11,14H2,1H3;1-2H3. The molecule has 1 aromatic heterocycles. The van der Waals surface area contributed by atoms with Gasteiger partial charge in [0.25, 0.3) is 0 Å². The maximum absolute atomic E-state index is 4.36. The van der Waals surface area contributed by atoms with Crippen molar-refractivity contribution in [1.29, 1.82) is 0 Å². The lowest BCUT2D eigenvalue weighted by Gasteiger charge is -2.44. The molecular formula is C30H39N. The summed E-state index contributed by atoms with van der Waals surface area (Å²) in [6.45, 7) is 6.61. The zero-order valence-corrected chi connectivity index (χ0v) is 19.7. The van der Waals surface area contributed by atoms with Crippen LogP contribution in [0.5, 0.6) is 0 Å². The molecule has 5 atom stereocenters. The molecule has 164 valence electrons. The zero-order valence-electron chi connectivity index (χ0n) is 19.7. The van der Waals surface area contributed by atoms with Crippen molar-refractivity contribution < 1.29 is 0 Å². The van der Waals surface area contributed by atoms with E-state index >= 15 is 0 Å². The summed E-state index contributed by atoms with van der Waals surface area (Å²) in [5, 5.41) is 2.61. The van der Waals surface area contributed by atoms with Gasteiger partial charge >= 0.3 is 0 Å². The Hall–Kier alpha value is -1.89. The van der Waals surface area contributed by atoms with Crippen molar-refractivity contribution in [2.45, 2.75) is 84.5 Å². The second-order valence-electron chi connectivity index (χ2n) is 10.5. The molecule has 2 aromatic rings. The van der Waals surface area contributed by atoms with E-state index in [1.807, 2.05) is 26.2 Å². The first kappa shape index (κ1) is 21.0. The van der Waals surface area contributed by atoms with Crippen LogP contribution in [-0.2, 0) is 0 Å². The van der Waals surface area contributed by atoms with Crippen molar-refractivity contribution in [2.24, 2.45) is 23.2 Å². The van der Waals surface area contributed by atoms with Gasteiger partial charge in [-0.15, -0.1) is 0 Å². The van der Waals surface area contributed by atoms with Crippen molar-refractivity contribution in [3.05, 3.63) is 65.5 Å². The van der Waals surface area contributed by atoms with Crippen LogP contribution in [0, 0.1) is 23.2 Å². The van der Waals surface area contributed by atoms with Gasteiger partial charge in [-0.2, -0.15) is 0 Å². The third-order valence-corrected chi connectivity index (χ3v) is 9.14. The van der Waals surface area contributed by atoms with E-state index in [1.54, 1.807) is 16.7 Å². The molecule has 1 aromatic carbocycles. The molecule has 0 radical (unpaired) electrons. The second kappa shape index (κ2) is 8.57. The smallest absolute Gasteiger partial charge is 0.0346 e. The Bertz CT molecular complexity index is 998. The number of pyridine rings is 1. The summed E-state index contributed by atoms with van der Waals surface area (Å²) >= 11 is 0. The first-order chi connectivity index (χ1) is 15.2. The minimum atomic E-state index is 0.415. The largest absolute Gasteiger partial charge is 0.264 e. The first-order valence-electron chi connectivity index (χ1n) is 13.0. The van der Waals surface area contributed by atoms with Gasteiger partial charge < -0.3 is 0 Å². The predicted molar refractivity (Wildman–Crippen MR) is 132 cm³/mol. The Labute approximate surface area is 189 Å². The van der Waals surface area contributed by atoms with Gasteiger partial charge in [0.1, 0.15) is 0 Å². The topological polar surface area (TPSA) is 12.9 Å². The molecule has 6 rings (SSSR count). The molecule has 2 saturated carbocycles. The van der Waals surface area contributed by atoms with Crippen LogP contribution in [0.25, 0.3) is 10.8 Å². The molecule has 0 saturated heterocycles. The quantitative estimate of drug-likeness (QED) is 0.456. The minimum absolute atomic E-state index is 0.415. The van der Waals surface area contributed by atoms with Gasteiger partial charge in [-0.25, -0.2) is 0 Å². The molecule has 1 heteroatoms. The molecule has 0 amide bonds. The lowest BCUT2D eigenvalue weighted by molar-refractivity contribution is 0.137. The lowest BCUT2D eigenvalue weighted by Crippen LogP contribution is -2.35. The average Bonchev–Trinajstić information content (AvgIpc) is 3.05. The highest BCUT2D eigenvalue weighted by Crippen LogP contribution is 2.62. The Kier molecular flexibility index (Phi) is 5.80. The van der Waals surface area contributed by atoms with Crippen molar-refractivity contribution in [1.82, 2.24) is 4.98 Å². The molecule has 5 unspecified atom stereocenters. The number of allylic oxidation sites excluding steroid dienone is 4. The van der Waals surface area contributed by atoms with Crippen LogP contribution < -0.4 is 0 Å². The SMILES string of the molecule is CC.CC12CC=C3C=C4CCCCC4CCC3C1CCC2c1ccc2ccncc2c1. The van der Waals surface area contributed by atoms with Gasteiger partial charge in [-0.3, -0.25) is 4.98 Å². The summed E-state index contributed by atoms with van der Waals surface area (Å²) in [5.74, 6) is 3.24. The monoisotopic (exact) mass is 413 g/mol. The van der Waals surface area contributed by atoms with E-state index in [-0.39, 0.29) is 0 Å². The number of hydrogen-bond acceptors (Lipinski definition) is 1. The number of fused-ring (bicyclic) bond motifs is 5. The molecule has 4 aliphatic rings. The van der Waals surface area contributed by atoms with Crippen LogP contribution in [0.15, 0.2) is 60.0 Å². The van der Waals surface area contributed by atoms with Gasteiger partial charge in [0.05, 0.1) is 0 Å². The molecule has 1 nitrogen and oxygen atoms in total. The molecule has 0 bridgehead atoms. The Balaban J connectivity index is 0.000000994. The molecule has 31 heavy (non-hydrogen) atoms. The van der Waals surface area contributed by atoms with Gasteiger partial charge in [0, 0.05) is 17.8 Å². The third-order valence-electron chi connectivity index (χ3n) is 9.14. The molecule has 0 N–H and O–H groups in total. The lowest BCUT2D eigenvalue weighted by atomic mass is 9.60. The third kappa shape index (κ3) is 3.59. The zero-order chi connectivity index (χ0) is 21.4.